The van der Waals surface area contributed by atoms with Gasteiger partial charge in [0.25, 0.3) is 0 Å². The second-order valence-corrected chi connectivity index (χ2v) is 19.7. The van der Waals surface area contributed by atoms with Crippen LogP contribution in [0.3, 0.4) is 0 Å². The number of esters is 3. The molecular weight excluding hydrogens is 685 g/mol. The van der Waals surface area contributed by atoms with E-state index in [-0.39, 0.29) is 39.5 Å². The van der Waals surface area contributed by atoms with Crippen LogP contribution in [-0.2, 0) is 28.6 Å². The van der Waals surface area contributed by atoms with Crippen LogP contribution < -0.4 is 0 Å². The second-order valence-electron chi connectivity index (χ2n) is 19.7. The van der Waals surface area contributed by atoms with Gasteiger partial charge in [0.05, 0.1) is 12.5 Å². The molecule has 5 aliphatic carbocycles. The lowest BCUT2D eigenvalue weighted by molar-refractivity contribution is -0.242. The summed E-state index contributed by atoms with van der Waals surface area (Å²) in [7, 11) is 1.56. The van der Waals surface area contributed by atoms with E-state index in [0.717, 1.165) is 62.5 Å². The smallest absolute Gasteiger partial charge is 0.331 e. The number of benzene rings is 2. The minimum atomic E-state index is -0.628. The zero-order valence-electron chi connectivity index (χ0n) is 34.4. The molecule has 4 saturated carbocycles. The van der Waals surface area contributed by atoms with Crippen molar-refractivity contribution in [1.29, 1.82) is 0 Å². The van der Waals surface area contributed by atoms with Gasteiger partial charge in [-0.15, -0.1) is 0 Å². The minimum Gasteiger partial charge on any atom is -0.469 e. The van der Waals surface area contributed by atoms with Gasteiger partial charge in [-0.25, -0.2) is 9.59 Å². The number of carbonyl (C=O) groups is 3. The number of carbonyl (C=O) groups excluding carboxylic acids is 3. The number of methoxy groups -OCH3 is 1. The molecule has 0 aromatic heterocycles. The van der Waals surface area contributed by atoms with E-state index in [1.165, 1.54) is 17.7 Å². The van der Waals surface area contributed by atoms with Crippen LogP contribution in [-0.4, -0.2) is 37.2 Å². The van der Waals surface area contributed by atoms with Gasteiger partial charge < -0.3 is 14.2 Å². The van der Waals surface area contributed by atoms with E-state index in [1.54, 1.807) is 19.3 Å². The quantitative estimate of drug-likeness (QED) is 0.121. The molecule has 0 aliphatic heterocycles. The highest BCUT2D eigenvalue weighted by atomic mass is 16.6. The van der Waals surface area contributed by atoms with Crippen molar-refractivity contribution in [2.24, 2.45) is 50.2 Å². The Morgan fingerprint density at radius 1 is 0.691 bits per heavy atom. The van der Waals surface area contributed by atoms with Crippen LogP contribution in [0.4, 0.5) is 0 Å². The molecule has 0 spiro atoms. The molecule has 0 saturated heterocycles. The SMILES string of the molecule is COC(=O)[C@]12CCC(C)(C)CC1C1=CCC3[C@@]4(C)C[C@@H](OC(=O)/C=C/c5ccccc5)[C@H](OC(=O)/C=C/c5ccccc5)C(C)(C)C4CC[C@@]3(C)[C@]1(C)CC2. The lowest BCUT2D eigenvalue weighted by Crippen LogP contribution is -2.67. The van der Waals surface area contributed by atoms with Crippen LogP contribution in [0.15, 0.2) is 84.5 Å². The van der Waals surface area contributed by atoms with Gasteiger partial charge in [-0.3, -0.25) is 4.79 Å². The molecule has 2 aromatic rings. The molecule has 294 valence electrons. The molecule has 9 atom stereocenters. The van der Waals surface area contributed by atoms with E-state index < -0.39 is 35.0 Å². The highest BCUT2D eigenvalue weighted by Gasteiger charge is 2.71. The van der Waals surface area contributed by atoms with Crippen LogP contribution in [0.2, 0.25) is 0 Å². The predicted octanol–water partition coefficient (Wildman–Crippen LogP) is 10.8. The van der Waals surface area contributed by atoms with E-state index in [4.69, 9.17) is 14.2 Å². The Morgan fingerprint density at radius 2 is 1.27 bits per heavy atom. The third-order valence-electron chi connectivity index (χ3n) is 16.0. The molecule has 6 nitrogen and oxygen atoms in total. The van der Waals surface area contributed by atoms with Crippen molar-refractivity contribution < 1.29 is 28.6 Å². The first-order valence-electron chi connectivity index (χ1n) is 20.7. The summed E-state index contributed by atoms with van der Waals surface area (Å²) < 4.78 is 18.4. The summed E-state index contributed by atoms with van der Waals surface area (Å²) in [5.41, 5.74) is 2.21. The van der Waals surface area contributed by atoms with Crippen molar-refractivity contribution in [3.63, 3.8) is 0 Å². The molecule has 0 heterocycles. The van der Waals surface area contributed by atoms with Gasteiger partial charge in [0, 0.05) is 17.6 Å². The first-order valence-corrected chi connectivity index (χ1v) is 20.7. The van der Waals surface area contributed by atoms with Crippen LogP contribution in [0.25, 0.3) is 12.2 Å². The largest absolute Gasteiger partial charge is 0.469 e. The summed E-state index contributed by atoms with van der Waals surface area (Å²) in [6, 6.07) is 19.4. The zero-order valence-corrected chi connectivity index (χ0v) is 34.4. The highest BCUT2D eigenvalue weighted by Crippen LogP contribution is 2.76. The standard InChI is InChI=1S/C49H62O6/c1-44(2)27-29-49(43(52)53-8)30-28-47(6)35(36(49)31-44)21-22-39-46(5)32-37(54-40(50)23-19-33-15-11-9-12-16-33)42(45(3,4)38(46)25-26-48(39,47)7)55-41(51)24-20-34-17-13-10-14-18-34/h9-21,23-24,36-39,42H,22,25-32H2,1-8H3/b23-19+,24-20+/t36?,37-,38?,39?,42+,46+,47-,48-,49+/m1/s1. The Morgan fingerprint density at radius 3 is 1.87 bits per heavy atom. The fourth-order valence-electron chi connectivity index (χ4n) is 13.0. The summed E-state index contributed by atoms with van der Waals surface area (Å²) >= 11 is 0. The maximum absolute atomic E-state index is 13.7. The molecule has 2 aromatic carbocycles. The molecule has 0 bridgehead atoms. The van der Waals surface area contributed by atoms with Crippen LogP contribution in [0, 0.1) is 50.2 Å². The monoisotopic (exact) mass is 746 g/mol. The summed E-state index contributed by atoms with van der Waals surface area (Å²) in [5.74, 6) is -0.185. The molecule has 0 amide bonds. The predicted molar refractivity (Wildman–Crippen MR) is 217 cm³/mol. The molecular formula is C49H62O6. The van der Waals surface area contributed by atoms with E-state index in [9.17, 15) is 14.4 Å². The first-order chi connectivity index (χ1) is 26.0. The molecule has 0 N–H and O–H groups in total. The Labute approximate surface area is 329 Å². The van der Waals surface area contributed by atoms with Gasteiger partial charge in [0.1, 0.15) is 12.2 Å². The van der Waals surface area contributed by atoms with Crippen molar-refractivity contribution in [2.45, 2.75) is 118 Å². The fourth-order valence-corrected chi connectivity index (χ4v) is 13.0. The minimum absolute atomic E-state index is 0.0295. The van der Waals surface area contributed by atoms with Crippen LogP contribution >= 0.6 is 0 Å². The Kier molecular flexibility index (Phi) is 10.2. The van der Waals surface area contributed by atoms with Gasteiger partial charge >= 0.3 is 17.9 Å². The van der Waals surface area contributed by atoms with Crippen molar-refractivity contribution in [3.8, 4) is 0 Å². The fraction of sp³-hybridized carbons (Fsp3) is 0.571. The first kappa shape index (κ1) is 39.3. The molecule has 3 unspecified atom stereocenters. The number of rotatable bonds is 7. The van der Waals surface area contributed by atoms with Crippen molar-refractivity contribution >= 4 is 30.1 Å². The Bertz CT molecular complexity index is 1870. The molecule has 7 rings (SSSR count). The maximum Gasteiger partial charge on any atom is 0.331 e. The molecule has 5 aliphatic rings. The topological polar surface area (TPSA) is 78.9 Å². The average Bonchev–Trinajstić information content (AvgIpc) is 3.15. The Hall–Kier alpha value is -3.93. The average molecular weight is 747 g/mol. The van der Waals surface area contributed by atoms with Gasteiger partial charge in [-0.2, -0.15) is 0 Å². The molecule has 0 radical (unpaired) electrons. The summed E-state index contributed by atoms with van der Waals surface area (Å²) in [5, 5.41) is 0. The number of allylic oxidation sites excluding steroid dienone is 2. The number of ether oxygens (including phenoxy) is 3. The third kappa shape index (κ3) is 6.63. The summed E-state index contributed by atoms with van der Waals surface area (Å²) in [6.45, 7) is 16.6. The van der Waals surface area contributed by atoms with Crippen molar-refractivity contribution in [2.75, 3.05) is 7.11 Å². The van der Waals surface area contributed by atoms with E-state index in [0.29, 0.717) is 12.3 Å². The van der Waals surface area contributed by atoms with Crippen LogP contribution in [0.1, 0.15) is 117 Å². The highest BCUT2D eigenvalue weighted by molar-refractivity contribution is 5.88. The maximum atomic E-state index is 13.7. The van der Waals surface area contributed by atoms with Gasteiger partial charge in [0.2, 0.25) is 0 Å². The number of hydrogen-bond donors (Lipinski definition) is 0. The number of fused-ring (bicyclic) bond motifs is 7. The van der Waals surface area contributed by atoms with E-state index >= 15 is 0 Å². The zero-order chi connectivity index (χ0) is 39.4. The van der Waals surface area contributed by atoms with E-state index in [1.807, 2.05) is 60.7 Å². The van der Waals surface area contributed by atoms with Gasteiger partial charge in [-0.1, -0.05) is 121 Å². The number of hydrogen-bond acceptors (Lipinski definition) is 6. The lowest BCUT2D eigenvalue weighted by Gasteiger charge is -2.71. The molecule has 55 heavy (non-hydrogen) atoms. The van der Waals surface area contributed by atoms with Crippen molar-refractivity contribution in [3.05, 3.63) is 95.6 Å². The van der Waals surface area contributed by atoms with E-state index in [2.05, 4.69) is 54.5 Å². The normalized spacial score (nSPS) is 37.4. The van der Waals surface area contributed by atoms with Gasteiger partial charge in [-0.05, 0) is 120 Å². The third-order valence-corrected chi connectivity index (χ3v) is 16.0. The van der Waals surface area contributed by atoms with Crippen molar-refractivity contribution in [1.82, 2.24) is 0 Å². The van der Waals surface area contributed by atoms with Crippen LogP contribution in [0.5, 0.6) is 0 Å². The lowest BCUT2D eigenvalue weighted by atomic mass is 9.33. The summed E-state index contributed by atoms with van der Waals surface area (Å²) in [6.07, 6.45) is 16.1. The molecule has 4 fully saturated rings. The summed E-state index contributed by atoms with van der Waals surface area (Å²) in [4.78, 5) is 41.0. The molecule has 6 heteroatoms. The Balaban J connectivity index is 1.24. The second kappa shape index (κ2) is 14.2. The van der Waals surface area contributed by atoms with Gasteiger partial charge in [0.15, 0.2) is 0 Å².